The highest BCUT2D eigenvalue weighted by Gasteiger charge is 2.25. The van der Waals surface area contributed by atoms with Crippen LogP contribution in [0.1, 0.15) is 36.2 Å². The third kappa shape index (κ3) is 4.55. The fraction of sp³-hybridized carbons (Fsp3) is 0.455. The van der Waals surface area contributed by atoms with Crippen molar-refractivity contribution in [1.29, 1.82) is 0 Å². The number of para-hydroxylation sites is 1. The van der Waals surface area contributed by atoms with Gasteiger partial charge in [0.1, 0.15) is 6.26 Å². The van der Waals surface area contributed by atoms with Crippen LogP contribution in [0.25, 0.3) is 0 Å². The Hall–Kier alpha value is -2.76. The van der Waals surface area contributed by atoms with Crippen LogP contribution < -0.4 is 4.90 Å². The molecule has 150 valence electrons. The summed E-state index contributed by atoms with van der Waals surface area (Å²) in [5, 5.41) is 0. The number of carbonyl (C=O) groups excluding carboxylic acids is 2. The molecule has 1 saturated heterocycles. The van der Waals surface area contributed by atoms with Crippen molar-refractivity contribution in [2.75, 3.05) is 37.6 Å². The van der Waals surface area contributed by atoms with Crippen molar-refractivity contribution in [3.63, 3.8) is 0 Å². The van der Waals surface area contributed by atoms with Crippen LogP contribution in [0.3, 0.4) is 0 Å². The summed E-state index contributed by atoms with van der Waals surface area (Å²) >= 11 is 0. The van der Waals surface area contributed by atoms with Crippen molar-refractivity contribution in [3.8, 4) is 0 Å². The summed E-state index contributed by atoms with van der Waals surface area (Å²) in [5.41, 5.74) is 3.02. The number of furan rings is 1. The Morgan fingerprint density at radius 2 is 1.82 bits per heavy atom. The number of rotatable bonds is 6. The van der Waals surface area contributed by atoms with E-state index in [4.69, 9.17) is 4.42 Å². The number of hydrogen-bond donors (Lipinski definition) is 0. The van der Waals surface area contributed by atoms with E-state index in [1.54, 1.807) is 11.0 Å². The SMILES string of the molecule is Cc1ccccc1N1CCN(C(=O)CCN(C(=O)c2ccoc2)C(C)C)CC1. The highest BCUT2D eigenvalue weighted by atomic mass is 16.3. The second-order valence-corrected chi connectivity index (χ2v) is 7.51. The topological polar surface area (TPSA) is 57.0 Å². The van der Waals surface area contributed by atoms with Gasteiger partial charge in [-0.3, -0.25) is 9.59 Å². The molecule has 0 unspecified atom stereocenters. The quantitative estimate of drug-likeness (QED) is 0.769. The van der Waals surface area contributed by atoms with Gasteiger partial charge in [0.05, 0.1) is 11.8 Å². The predicted molar refractivity (Wildman–Crippen MR) is 109 cm³/mol. The van der Waals surface area contributed by atoms with E-state index < -0.39 is 0 Å². The molecule has 6 nitrogen and oxygen atoms in total. The van der Waals surface area contributed by atoms with Gasteiger partial charge in [0.25, 0.3) is 5.91 Å². The normalized spacial score (nSPS) is 14.4. The summed E-state index contributed by atoms with van der Waals surface area (Å²) in [6.07, 6.45) is 3.28. The highest BCUT2D eigenvalue weighted by molar-refractivity contribution is 5.94. The highest BCUT2D eigenvalue weighted by Crippen LogP contribution is 2.21. The van der Waals surface area contributed by atoms with E-state index in [2.05, 4.69) is 30.0 Å². The number of hydrogen-bond acceptors (Lipinski definition) is 4. The minimum Gasteiger partial charge on any atom is -0.472 e. The lowest BCUT2D eigenvalue weighted by atomic mass is 10.1. The number of piperazine rings is 1. The first-order valence-corrected chi connectivity index (χ1v) is 9.89. The standard InChI is InChI=1S/C22H29N3O3/c1-17(2)25(22(27)19-9-15-28-16-19)10-8-21(26)24-13-11-23(12-14-24)20-7-5-4-6-18(20)3/h4-7,9,15-17H,8,10-14H2,1-3H3. The van der Waals surface area contributed by atoms with Gasteiger partial charge in [-0.15, -0.1) is 0 Å². The first-order chi connectivity index (χ1) is 13.5. The Labute approximate surface area is 166 Å². The molecule has 1 aliphatic rings. The van der Waals surface area contributed by atoms with Crippen LogP contribution in [-0.4, -0.2) is 60.4 Å². The number of amides is 2. The van der Waals surface area contributed by atoms with Gasteiger partial charge in [-0.1, -0.05) is 18.2 Å². The Morgan fingerprint density at radius 3 is 2.43 bits per heavy atom. The monoisotopic (exact) mass is 383 g/mol. The Morgan fingerprint density at radius 1 is 1.11 bits per heavy atom. The largest absolute Gasteiger partial charge is 0.472 e. The van der Waals surface area contributed by atoms with Crippen LogP contribution in [-0.2, 0) is 4.79 Å². The first-order valence-electron chi connectivity index (χ1n) is 9.89. The van der Waals surface area contributed by atoms with Gasteiger partial charge in [0, 0.05) is 50.9 Å². The summed E-state index contributed by atoms with van der Waals surface area (Å²) in [6.45, 7) is 9.54. The molecule has 0 saturated carbocycles. The second-order valence-electron chi connectivity index (χ2n) is 7.51. The van der Waals surface area contributed by atoms with Gasteiger partial charge in [0.15, 0.2) is 0 Å². The average Bonchev–Trinajstić information content (AvgIpc) is 3.23. The lowest BCUT2D eigenvalue weighted by molar-refractivity contribution is -0.131. The number of carbonyl (C=O) groups is 2. The number of anilines is 1. The Bertz CT molecular complexity index is 793. The minimum atomic E-state index is -0.0964. The molecule has 2 aromatic rings. The van der Waals surface area contributed by atoms with E-state index >= 15 is 0 Å². The predicted octanol–water partition coefficient (Wildman–Crippen LogP) is 3.18. The van der Waals surface area contributed by atoms with Crippen molar-refractivity contribution < 1.29 is 14.0 Å². The van der Waals surface area contributed by atoms with E-state index in [0.29, 0.717) is 31.6 Å². The van der Waals surface area contributed by atoms with Crippen molar-refractivity contribution in [2.24, 2.45) is 0 Å². The van der Waals surface area contributed by atoms with Gasteiger partial charge in [-0.05, 0) is 38.5 Å². The first kappa shape index (κ1) is 20.0. The van der Waals surface area contributed by atoms with E-state index in [0.717, 1.165) is 13.1 Å². The average molecular weight is 383 g/mol. The van der Waals surface area contributed by atoms with Crippen LogP contribution in [0.15, 0.2) is 47.3 Å². The van der Waals surface area contributed by atoms with Crippen molar-refractivity contribution in [2.45, 2.75) is 33.2 Å². The molecule has 3 rings (SSSR count). The van der Waals surface area contributed by atoms with Gasteiger partial charge in [-0.25, -0.2) is 0 Å². The third-order valence-electron chi connectivity index (χ3n) is 5.31. The molecular formula is C22H29N3O3. The number of nitrogens with zero attached hydrogens (tertiary/aromatic N) is 3. The molecule has 2 amide bonds. The molecule has 1 aromatic heterocycles. The summed E-state index contributed by atoms with van der Waals surface area (Å²) in [5.74, 6) is 0.0102. The summed E-state index contributed by atoms with van der Waals surface area (Å²) < 4.78 is 5.01. The second kappa shape index (κ2) is 8.95. The zero-order chi connectivity index (χ0) is 20.1. The molecule has 0 spiro atoms. The summed E-state index contributed by atoms with van der Waals surface area (Å²) in [6, 6.07) is 10.0. The lowest BCUT2D eigenvalue weighted by Crippen LogP contribution is -2.49. The van der Waals surface area contributed by atoms with Crippen molar-refractivity contribution in [1.82, 2.24) is 9.80 Å². The maximum absolute atomic E-state index is 12.7. The fourth-order valence-electron chi connectivity index (χ4n) is 3.64. The van der Waals surface area contributed by atoms with Crippen molar-refractivity contribution in [3.05, 3.63) is 54.0 Å². The summed E-state index contributed by atoms with van der Waals surface area (Å²) in [7, 11) is 0. The minimum absolute atomic E-state index is 0.0214. The molecule has 0 bridgehead atoms. The zero-order valence-electron chi connectivity index (χ0n) is 16.9. The Kier molecular flexibility index (Phi) is 6.39. The van der Waals surface area contributed by atoms with E-state index in [1.165, 1.54) is 23.8 Å². The van der Waals surface area contributed by atoms with Gasteiger partial charge < -0.3 is 19.1 Å². The van der Waals surface area contributed by atoms with Gasteiger partial charge in [0.2, 0.25) is 5.91 Å². The molecule has 0 aliphatic carbocycles. The maximum Gasteiger partial charge on any atom is 0.257 e. The van der Waals surface area contributed by atoms with Crippen LogP contribution in [0.4, 0.5) is 5.69 Å². The number of aryl methyl sites for hydroxylation is 1. The van der Waals surface area contributed by atoms with Crippen LogP contribution in [0, 0.1) is 6.92 Å². The maximum atomic E-state index is 12.7. The van der Waals surface area contributed by atoms with Crippen LogP contribution in [0.5, 0.6) is 0 Å². The summed E-state index contributed by atoms with van der Waals surface area (Å²) in [4.78, 5) is 31.3. The third-order valence-corrected chi connectivity index (χ3v) is 5.31. The molecule has 0 N–H and O–H groups in total. The van der Waals surface area contributed by atoms with E-state index in [9.17, 15) is 9.59 Å². The zero-order valence-corrected chi connectivity index (χ0v) is 16.9. The lowest BCUT2D eigenvalue weighted by Gasteiger charge is -2.37. The molecule has 1 aliphatic heterocycles. The van der Waals surface area contributed by atoms with Gasteiger partial charge in [-0.2, -0.15) is 0 Å². The van der Waals surface area contributed by atoms with Crippen molar-refractivity contribution >= 4 is 17.5 Å². The number of benzene rings is 1. The molecule has 1 fully saturated rings. The molecule has 1 aromatic carbocycles. The molecule has 2 heterocycles. The molecule has 0 radical (unpaired) electrons. The molecular weight excluding hydrogens is 354 g/mol. The van der Waals surface area contributed by atoms with Gasteiger partial charge >= 0.3 is 0 Å². The fourth-order valence-corrected chi connectivity index (χ4v) is 3.64. The smallest absolute Gasteiger partial charge is 0.257 e. The van der Waals surface area contributed by atoms with Crippen LogP contribution in [0.2, 0.25) is 0 Å². The molecule has 0 atom stereocenters. The van der Waals surface area contributed by atoms with E-state index in [-0.39, 0.29) is 17.9 Å². The molecule has 6 heteroatoms. The molecule has 28 heavy (non-hydrogen) atoms. The Balaban J connectivity index is 1.52. The van der Waals surface area contributed by atoms with Crippen LogP contribution >= 0.6 is 0 Å². The van der Waals surface area contributed by atoms with E-state index in [1.807, 2.05) is 24.8 Å².